The average Bonchev–Trinajstić information content (AvgIpc) is 2.20. The molecule has 5 heteroatoms. The Morgan fingerprint density at radius 1 is 0.526 bits per heavy atom. The Hall–Kier alpha value is 2.54. The van der Waals surface area contributed by atoms with Gasteiger partial charge >= 0.3 is 113 Å². The topological polar surface area (TPSA) is 0 Å². The van der Waals surface area contributed by atoms with E-state index in [1.165, 1.54) is 57.8 Å². The second-order valence-corrected chi connectivity index (χ2v) is 14.3. The molecule has 0 N–H and O–H groups in total. The summed E-state index contributed by atoms with van der Waals surface area (Å²) >= 11 is -0.862. The Balaban J connectivity index is -0.000000163. The van der Waals surface area contributed by atoms with Crippen LogP contribution in [0.5, 0.6) is 0 Å². The minimum Gasteiger partial charge on any atom is -1.00 e. The van der Waals surface area contributed by atoms with Gasteiger partial charge in [0, 0.05) is 0 Å². The predicted molar refractivity (Wildman–Crippen MR) is 68.4 cm³/mol. The fourth-order valence-electron chi connectivity index (χ4n) is 1.97. The summed E-state index contributed by atoms with van der Waals surface area (Å²) in [7, 11) is 0. The minimum atomic E-state index is -0.862. The van der Waals surface area contributed by atoms with Gasteiger partial charge in [-0.2, -0.15) is 0 Å². The molecule has 0 radical (unpaired) electrons. The first kappa shape index (κ1) is 33.2. The molecule has 19 heavy (non-hydrogen) atoms. The van der Waals surface area contributed by atoms with Gasteiger partial charge in [-0.3, -0.25) is 0 Å². The molecule has 0 aromatic heterocycles. The fourth-order valence-corrected chi connectivity index (χ4v) is 4.97. The van der Waals surface area contributed by atoms with Crippen molar-refractivity contribution in [3.05, 3.63) is 0 Å². The van der Waals surface area contributed by atoms with Gasteiger partial charge < -0.3 is 49.6 Å². The van der Waals surface area contributed by atoms with Gasteiger partial charge in [-0.05, 0) is 0 Å². The summed E-state index contributed by atoms with van der Waals surface area (Å²) < 4.78 is 6.72. The van der Waals surface area contributed by atoms with E-state index in [-0.39, 0.29) is 49.6 Å². The third-order valence-electron chi connectivity index (χ3n) is 3.03. The maximum Gasteiger partial charge on any atom is -1.00 e. The molecule has 0 aromatic rings. The average molecular weight is 481 g/mol. The van der Waals surface area contributed by atoms with Crippen LogP contribution in [0.25, 0.3) is 0 Å². The Kier molecular flexibility index (Phi) is 50.1. The Labute approximate surface area is 161 Å². The van der Waals surface area contributed by atoms with E-state index in [0.29, 0.717) is 0 Å². The number of rotatable bonds is 11. The number of unbranched alkanes of at least 4 members (excludes halogenated alkanes) is 9. The second-order valence-electron chi connectivity index (χ2n) is 5.14. The maximum atomic E-state index is 2.54. The van der Waals surface area contributed by atoms with E-state index in [1.807, 2.05) is 0 Å². The first-order chi connectivity index (χ1) is 7.27. The molecule has 0 spiro atoms. The van der Waals surface area contributed by atoms with Crippen LogP contribution in [0.15, 0.2) is 0 Å². The molecule has 0 atom stereocenters. The molecule has 0 aliphatic rings. The molecule has 0 bridgehead atoms. The van der Waals surface area contributed by atoms with Crippen molar-refractivity contribution in [2.75, 3.05) is 0 Å². The van der Waals surface area contributed by atoms with Crippen molar-refractivity contribution in [2.45, 2.75) is 78.0 Å². The third kappa shape index (κ3) is 33.4. The summed E-state index contributed by atoms with van der Waals surface area (Å²) in [5.41, 5.74) is 0. The van der Waals surface area contributed by atoms with E-state index < -0.39 is 35.5 Å². The zero-order valence-electron chi connectivity index (χ0n) is 12.8. The molecule has 0 unspecified atom stereocenters. The van der Waals surface area contributed by atoms with E-state index >= 15 is 0 Å². The van der Waals surface area contributed by atoms with Gasteiger partial charge in [0.1, 0.15) is 0 Å². The normalized spacial score (nSPS) is 7.89. The smallest absolute Gasteiger partial charge is 1.00 e. The molecule has 0 aliphatic carbocycles. The molecule has 0 heterocycles. The molecular weight excluding hydrogens is 450 g/mol. The largest absolute Gasteiger partial charge is 1.00 e. The van der Waals surface area contributed by atoms with Crippen molar-refractivity contribution < 1.29 is 85.1 Å². The maximum absolute atomic E-state index is 2.54. The summed E-state index contributed by atoms with van der Waals surface area (Å²) in [5.74, 6) is 0. The molecule has 0 fully saturated rings. The van der Waals surface area contributed by atoms with Crippen LogP contribution in [0.4, 0.5) is 0 Å². The van der Waals surface area contributed by atoms with Crippen molar-refractivity contribution in [1.82, 2.24) is 0 Å². The molecule has 0 aliphatic heterocycles. The molecule has 0 saturated carbocycles. The van der Waals surface area contributed by atoms with E-state index in [9.17, 15) is 0 Å². The van der Waals surface area contributed by atoms with Gasteiger partial charge in [0.2, 0.25) is 0 Å². The summed E-state index contributed by atoms with van der Waals surface area (Å²) in [4.78, 5) is 0. The molecule has 0 saturated heterocycles. The van der Waals surface area contributed by atoms with E-state index in [4.69, 9.17) is 0 Å². The molecule has 0 rings (SSSR count). The summed E-state index contributed by atoms with van der Waals surface area (Å²) in [6.07, 6.45) is 14.8. The van der Waals surface area contributed by atoms with Gasteiger partial charge in [0.15, 0.2) is 0 Å². The van der Waals surface area contributed by atoms with Crippen LogP contribution >= 0.6 is 0 Å². The number of hydrogen-bond acceptors (Lipinski definition) is 0. The monoisotopic (exact) mass is 479 g/mol. The predicted octanol–water partition coefficient (Wildman–Crippen LogP) is -5.94. The van der Waals surface area contributed by atoms with Crippen LogP contribution in [0.1, 0.15) is 71.1 Å². The molecule has 0 nitrogen and oxygen atoms in total. The van der Waals surface area contributed by atoms with Gasteiger partial charge in [-0.15, -0.1) is 0 Å². The Bertz CT molecular complexity index is 124. The first-order valence-electron chi connectivity index (χ1n) is 7.06. The molecule has 119 valence electrons. The van der Waals surface area contributed by atoms with Crippen molar-refractivity contribution in [3.8, 4) is 0 Å². The Morgan fingerprint density at radius 2 is 0.842 bits per heavy atom. The van der Waals surface area contributed by atoms with Crippen molar-refractivity contribution >= 4 is 0 Å². The fraction of sp³-hybridized carbons (Fsp3) is 1.00. The number of hydrogen-bond donors (Lipinski definition) is 0. The Morgan fingerprint density at radius 3 is 1.16 bits per heavy atom. The minimum absolute atomic E-state index is 0. The first-order valence-corrected chi connectivity index (χ1v) is 15.6. The molecule has 0 amide bonds. The van der Waals surface area contributed by atoms with Crippen molar-refractivity contribution in [3.63, 3.8) is 0 Å². The zero-order chi connectivity index (χ0) is 11.4. The quantitative estimate of drug-likeness (QED) is 0.258. The van der Waals surface area contributed by atoms with E-state index in [0.717, 1.165) is 0 Å². The van der Waals surface area contributed by atoms with E-state index in [1.54, 1.807) is 8.36 Å². The SMILES string of the molecule is CCCCCCCCCCC[CH2][Ce+4]([CH3])[CH3].[Cl-].[Cl-].[Cl-].[Cl-]. The van der Waals surface area contributed by atoms with Crippen LogP contribution in [0.3, 0.4) is 0 Å². The second kappa shape index (κ2) is 28.7. The van der Waals surface area contributed by atoms with Crippen molar-refractivity contribution in [2.24, 2.45) is 0 Å². The summed E-state index contributed by atoms with van der Waals surface area (Å²) in [6.45, 7) is 2.29. The van der Waals surface area contributed by atoms with Crippen LogP contribution in [-0.4, -0.2) is 0 Å². The van der Waals surface area contributed by atoms with Crippen LogP contribution in [0, 0.1) is 35.5 Å². The van der Waals surface area contributed by atoms with Gasteiger partial charge in [-0.1, -0.05) is 0 Å². The standard InChI is InChI=1S/C12H25.2CH3.Ce.4ClH/c1-3-5-7-9-11-12-10-8-6-4-2;;;;;;;/h1,3-12H2,2H3;2*1H3;;4*1H/q;;;+4;;;;/p-4. The molecule has 0 aromatic carbocycles. The third-order valence-corrected chi connectivity index (χ3v) is 7.28. The van der Waals surface area contributed by atoms with Gasteiger partial charge in [-0.25, -0.2) is 0 Å². The zero-order valence-corrected chi connectivity index (χ0v) is 19.0. The van der Waals surface area contributed by atoms with Crippen molar-refractivity contribution in [1.29, 1.82) is 0 Å². The van der Waals surface area contributed by atoms with Gasteiger partial charge in [0.05, 0.1) is 0 Å². The van der Waals surface area contributed by atoms with E-state index in [2.05, 4.69) is 11.8 Å². The molecular formula is C14H31CeCl4. The summed E-state index contributed by atoms with van der Waals surface area (Å²) in [5, 5.41) is 0. The number of halogens is 4. The summed E-state index contributed by atoms with van der Waals surface area (Å²) in [6, 6.07) is 0. The van der Waals surface area contributed by atoms with Crippen LogP contribution in [-0.2, 0) is 0 Å². The van der Waals surface area contributed by atoms with Crippen LogP contribution < -0.4 is 49.6 Å². The van der Waals surface area contributed by atoms with Crippen LogP contribution in [0.2, 0.25) is 6.82 Å². The van der Waals surface area contributed by atoms with Gasteiger partial charge in [0.25, 0.3) is 0 Å².